The first-order valence-corrected chi connectivity index (χ1v) is 11.9. The third-order valence-electron chi connectivity index (χ3n) is 4.63. The van der Waals surface area contributed by atoms with Gasteiger partial charge in [0.25, 0.3) is 0 Å². The van der Waals surface area contributed by atoms with Gasteiger partial charge in [0.2, 0.25) is 5.91 Å². The molecule has 0 N–H and O–H groups in total. The highest BCUT2D eigenvalue weighted by molar-refractivity contribution is 8.03. The van der Waals surface area contributed by atoms with Gasteiger partial charge in [-0.25, -0.2) is 0 Å². The van der Waals surface area contributed by atoms with Crippen LogP contribution in [-0.4, -0.2) is 46.0 Å². The average Bonchev–Trinajstić information content (AvgIpc) is 3.17. The van der Waals surface area contributed by atoms with Crippen LogP contribution in [0.4, 0.5) is 26.3 Å². The zero-order valence-corrected chi connectivity index (χ0v) is 18.3. The largest absolute Gasteiger partial charge is 0.416 e. The summed E-state index contributed by atoms with van der Waals surface area (Å²) in [5.74, 6) is -1.28. The van der Waals surface area contributed by atoms with Crippen LogP contribution < -0.4 is 0 Å². The van der Waals surface area contributed by atoms with Crippen LogP contribution in [0.3, 0.4) is 0 Å². The molecule has 0 spiro atoms. The average molecular weight is 502 g/mol. The molecule has 1 aromatic carbocycles. The quantitative estimate of drug-likeness (QED) is 0.373. The van der Waals surface area contributed by atoms with Crippen molar-refractivity contribution < 1.29 is 31.1 Å². The molecule has 31 heavy (non-hydrogen) atoms. The summed E-state index contributed by atoms with van der Waals surface area (Å²) in [6.45, 7) is 0.162. The second kappa shape index (κ2) is 9.99. The van der Waals surface area contributed by atoms with E-state index < -0.39 is 23.8 Å². The molecule has 0 saturated carbocycles. The number of piperidine rings is 1. The van der Waals surface area contributed by atoms with E-state index in [0.717, 1.165) is 23.9 Å². The fourth-order valence-electron chi connectivity index (χ4n) is 2.97. The molecule has 4 nitrogen and oxygen atoms in total. The number of hydrogen-bond donors (Lipinski definition) is 0. The van der Waals surface area contributed by atoms with Gasteiger partial charge in [-0.05, 0) is 24.5 Å². The van der Waals surface area contributed by atoms with Gasteiger partial charge in [0.05, 0.1) is 17.2 Å². The Balaban J connectivity index is 1.45. The Kier molecular flexibility index (Phi) is 7.79. The van der Waals surface area contributed by atoms with Gasteiger partial charge in [-0.1, -0.05) is 53.1 Å². The van der Waals surface area contributed by atoms with Crippen molar-refractivity contribution in [1.82, 2.24) is 15.1 Å². The number of likely N-dealkylation sites (tertiary alicyclic amines) is 1. The van der Waals surface area contributed by atoms with E-state index in [1.54, 1.807) is 6.07 Å². The number of alkyl halides is 6. The van der Waals surface area contributed by atoms with Gasteiger partial charge in [0, 0.05) is 18.8 Å². The summed E-state index contributed by atoms with van der Waals surface area (Å²) in [6, 6.07) is 5.05. The van der Waals surface area contributed by atoms with Gasteiger partial charge in [0.15, 0.2) is 8.68 Å². The van der Waals surface area contributed by atoms with E-state index >= 15 is 0 Å². The summed E-state index contributed by atoms with van der Waals surface area (Å²) in [5, 5.41) is 7.93. The standard InChI is InChI=1S/C18H17F6N3OS3/c19-17(20,21)12-4-6-27(7-5-12)14(28)10-30-16-26-25-15(31-16)29-9-11-2-1-3-13(8-11)18(22,23)24/h1-3,8,12H,4-7,9-10H2. The molecule has 2 heterocycles. The second-order valence-corrected chi connectivity index (χ2v) is 10.2. The lowest BCUT2D eigenvalue weighted by atomic mass is 9.96. The number of nitrogens with zero attached hydrogens (tertiary/aromatic N) is 3. The van der Waals surface area contributed by atoms with Crippen molar-refractivity contribution in [2.45, 2.75) is 39.6 Å². The first-order chi connectivity index (χ1) is 14.5. The van der Waals surface area contributed by atoms with E-state index in [1.165, 1.54) is 34.1 Å². The molecule has 1 aliphatic rings. The highest BCUT2D eigenvalue weighted by Gasteiger charge is 2.41. The zero-order chi connectivity index (χ0) is 22.6. The number of amides is 1. The van der Waals surface area contributed by atoms with E-state index in [-0.39, 0.29) is 43.3 Å². The summed E-state index contributed by atoms with van der Waals surface area (Å²) in [4.78, 5) is 13.7. The minimum absolute atomic E-state index is 0.0453. The van der Waals surface area contributed by atoms with E-state index in [9.17, 15) is 31.1 Å². The highest BCUT2D eigenvalue weighted by atomic mass is 32.2. The van der Waals surface area contributed by atoms with E-state index in [2.05, 4.69) is 10.2 Å². The van der Waals surface area contributed by atoms with Crippen molar-refractivity contribution in [3.8, 4) is 0 Å². The van der Waals surface area contributed by atoms with Gasteiger partial charge in [-0.15, -0.1) is 10.2 Å². The first-order valence-electron chi connectivity index (χ1n) is 9.12. The lowest BCUT2D eigenvalue weighted by Crippen LogP contribution is -2.42. The second-order valence-electron chi connectivity index (χ2n) is 6.81. The summed E-state index contributed by atoms with van der Waals surface area (Å²) < 4.78 is 77.5. The Morgan fingerprint density at radius 3 is 2.32 bits per heavy atom. The molecule has 0 aliphatic carbocycles. The predicted octanol–water partition coefficient (Wildman–Crippen LogP) is 5.74. The molecule has 0 unspecified atom stereocenters. The number of rotatable bonds is 6. The number of carbonyl (C=O) groups excluding carboxylic acids is 1. The first kappa shape index (κ1) is 24.2. The molecule has 0 radical (unpaired) electrons. The van der Waals surface area contributed by atoms with Crippen molar-refractivity contribution in [2.75, 3.05) is 18.8 Å². The maximum Gasteiger partial charge on any atom is 0.416 e. The molecule has 1 aliphatic heterocycles. The summed E-state index contributed by atoms with van der Waals surface area (Å²) in [5.41, 5.74) is -0.210. The predicted molar refractivity (Wildman–Crippen MR) is 107 cm³/mol. The maximum absolute atomic E-state index is 12.8. The van der Waals surface area contributed by atoms with Crippen LogP contribution in [0.25, 0.3) is 0 Å². The molecule has 0 atom stereocenters. The van der Waals surface area contributed by atoms with Crippen LogP contribution in [-0.2, 0) is 16.7 Å². The van der Waals surface area contributed by atoms with Crippen LogP contribution in [0, 0.1) is 5.92 Å². The molecule has 0 bridgehead atoms. The van der Waals surface area contributed by atoms with Crippen molar-refractivity contribution in [1.29, 1.82) is 0 Å². The molecule has 2 aromatic rings. The summed E-state index contributed by atoms with van der Waals surface area (Å²) in [7, 11) is 0. The smallest absolute Gasteiger partial charge is 0.342 e. The van der Waals surface area contributed by atoms with Gasteiger partial charge < -0.3 is 4.90 Å². The van der Waals surface area contributed by atoms with Gasteiger partial charge in [-0.2, -0.15) is 26.3 Å². The number of hydrogen-bond acceptors (Lipinski definition) is 6. The Bertz CT molecular complexity index is 894. The minimum Gasteiger partial charge on any atom is -0.342 e. The van der Waals surface area contributed by atoms with Crippen LogP contribution in [0.2, 0.25) is 0 Å². The van der Waals surface area contributed by atoms with Crippen molar-refractivity contribution in [3.05, 3.63) is 35.4 Å². The van der Waals surface area contributed by atoms with Crippen LogP contribution in [0.15, 0.2) is 32.9 Å². The van der Waals surface area contributed by atoms with Crippen LogP contribution in [0.1, 0.15) is 24.0 Å². The molecule has 13 heteroatoms. The molecule has 1 amide bonds. The number of benzene rings is 1. The maximum atomic E-state index is 12.8. The fourth-order valence-corrected chi connectivity index (χ4v) is 5.83. The molecule has 1 saturated heterocycles. The van der Waals surface area contributed by atoms with E-state index in [1.807, 2.05) is 0 Å². The Hall–Kier alpha value is -1.47. The Morgan fingerprint density at radius 2 is 1.71 bits per heavy atom. The topological polar surface area (TPSA) is 46.1 Å². The van der Waals surface area contributed by atoms with Gasteiger partial charge in [0.1, 0.15) is 0 Å². The molecule has 1 fully saturated rings. The zero-order valence-electron chi connectivity index (χ0n) is 15.9. The van der Waals surface area contributed by atoms with Crippen LogP contribution >= 0.6 is 34.9 Å². The van der Waals surface area contributed by atoms with Crippen LogP contribution in [0.5, 0.6) is 0 Å². The van der Waals surface area contributed by atoms with Crippen molar-refractivity contribution in [2.24, 2.45) is 5.92 Å². The fraction of sp³-hybridized carbons (Fsp3) is 0.500. The summed E-state index contributed by atoms with van der Waals surface area (Å²) >= 11 is 3.60. The van der Waals surface area contributed by atoms with Gasteiger partial charge >= 0.3 is 12.4 Å². The Labute approximate surface area is 186 Å². The monoisotopic (exact) mass is 501 g/mol. The number of carbonyl (C=O) groups is 1. The molecule has 170 valence electrons. The van der Waals surface area contributed by atoms with E-state index in [0.29, 0.717) is 14.2 Å². The lowest BCUT2D eigenvalue weighted by molar-refractivity contribution is -0.186. The molecular formula is C18H17F6N3OS3. The molecular weight excluding hydrogens is 484 g/mol. The molecule has 1 aromatic heterocycles. The van der Waals surface area contributed by atoms with Crippen molar-refractivity contribution in [3.63, 3.8) is 0 Å². The Morgan fingerprint density at radius 1 is 1.06 bits per heavy atom. The van der Waals surface area contributed by atoms with Gasteiger partial charge in [-0.3, -0.25) is 4.79 Å². The summed E-state index contributed by atoms with van der Waals surface area (Å²) in [6.07, 6.45) is -8.80. The highest BCUT2D eigenvalue weighted by Crippen LogP contribution is 2.35. The number of halogens is 6. The third kappa shape index (κ3) is 7.01. The molecule has 3 rings (SSSR count). The van der Waals surface area contributed by atoms with Crippen molar-refractivity contribution >= 4 is 40.8 Å². The van der Waals surface area contributed by atoms with E-state index in [4.69, 9.17) is 0 Å². The normalized spacial score (nSPS) is 16.0. The number of thioether (sulfide) groups is 2. The minimum atomic E-state index is -4.40. The lowest BCUT2D eigenvalue weighted by Gasteiger charge is -2.32. The third-order valence-corrected chi connectivity index (χ3v) is 7.88. The SMILES string of the molecule is O=C(CSc1nnc(SCc2cccc(C(F)(F)F)c2)s1)N1CCC(C(F)(F)F)CC1. The number of aromatic nitrogens is 2.